The van der Waals surface area contributed by atoms with Crippen LogP contribution in [0, 0.1) is 0 Å². The monoisotopic (exact) mass is 284 g/mol. The lowest BCUT2D eigenvalue weighted by Gasteiger charge is -2.13. The zero-order chi connectivity index (χ0) is 14.5. The average Bonchev–Trinajstić information content (AvgIpc) is 2.38. The van der Waals surface area contributed by atoms with Gasteiger partial charge in [-0.15, -0.1) is 0 Å². The third-order valence-electron chi connectivity index (χ3n) is 2.72. The van der Waals surface area contributed by atoms with E-state index in [9.17, 15) is 13.2 Å². The molecule has 0 saturated heterocycles. The van der Waals surface area contributed by atoms with Crippen LogP contribution in [-0.2, 0) is 21.2 Å². The van der Waals surface area contributed by atoms with Crippen molar-refractivity contribution >= 4 is 15.9 Å². The van der Waals surface area contributed by atoms with E-state index >= 15 is 0 Å². The van der Waals surface area contributed by atoms with Crippen LogP contribution in [0.5, 0.6) is 0 Å². The summed E-state index contributed by atoms with van der Waals surface area (Å²) >= 11 is 0. The molecule has 1 rings (SSSR count). The smallest absolute Gasteiger partial charge is 0.241 e. The molecule has 0 unspecified atom stereocenters. The van der Waals surface area contributed by atoms with E-state index in [-0.39, 0.29) is 10.8 Å². The Hall–Kier alpha value is -1.40. The lowest BCUT2D eigenvalue weighted by atomic mass is 10.2. The zero-order valence-electron chi connectivity index (χ0n) is 11.4. The molecule has 1 aromatic rings. The molecule has 0 bridgehead atoms. The van der Waals surface area contributed by atoms with Crippen molar-refractivity contribution in [3.05, 3.63) is 29.8 Å². The van der Waals surface area contributed by atoms with Gasteiger partial charge in [-0.1, -0.05) is 19.1 Å². The molecule has 0 aliphatic heterocycles. The normalized spacial score (nSPS) is 13.0. The Labute approximate surface area is 114 Å². The van der Waals surface area contributed by atoms with E-state index in [0.717, 1.165) is 12.0 Å². The number of sulfonamides is 1. The van der Waals surface area contributed by atoms with Gasteiger partial charge >= 0.3 is 0 Å². The standard InChI is InChI=1S/C13H20N2O3S/c1-4-11-6-8-12(9-7-11)19(17,18)15-10(3)13(16)14-5-2/h6-10,15H,4-5H2,1-3H3,(H,14,16)/t10-/m1/s1. The summed E-state index contributed by atoms with van der Waals surface area (Å²) < 4.78 is 26.5. The zero-order valence-corrected chi connectivity index (χ0v) is 12.3. The Morgan fingerprint density at radius 2 is 1.79 bits per heavy atom. The lowest BCUT2D eigenvalue weighted by molar-refractivity contribution is -0.122. The first-order valence-electron chi connectivity index (χ1n) is 6.29. The van der Waals surface area contributed by atoms with Gasteiger partial charge in [0.2, 0.25) is 15.9 Å². The Morgan fingerprint density at radius 1 is 1.21 bits per heavy atom. The van der Waals surface area contributed by atoms with E-state index in [1.807, 2.05) is 6.92 Å². The number of hydrogen-bond donors (Lipinski definition) is 2. The molecule has 0 aliphatic carbocycles. The largest absolute Gasteiger partial charge is 0.355 e. The summed E-state index contributed by atoms with van der Waals surface area (Å²) in [6.07, 6.45) is 0.850. The molecule has 1 atom stereocenters. The molecule has 0 radical (unpaired) electrons. The van der Waals surface area contributed by atoms with Crippen molar-refractivity contribution in [1.29, 1.82) is 0 Å². The maximum Gasteiger partial charge on any atom is 0.241 e. The summed E-state index contributed by atoms with van der Waals surface area (Å²) in [5.41, 5.74) is 1.07. The summed E-state index contributed by atoms with van der Waals surface area (Å²) in [7, 11) is -3.66. The number of benzene rings is 1. The van der Waals surface area contributed by atoms with Gasteiger partial charge < -0.3 is 5.32 Å². The van der Waals surface area contributed by atoms with Crippen molar-refractivity contribution in [2.45, 2.75) is 38.1 Å². The van der Waals surface area contributed by atoms with E-state index in [1.165, 1.54) is 6.92 Å². The first kappa shape index (κ1) is 15.7. The van der Waals surface area contributed by atoms with E-state index in [1.54, 1.807) is 31.2 Å². The van der Waals surface area contributed by atoms with Gasteiger partial charge in [0, 0.05) is 6.54 Å². The molecule has 6 heteroatoms. The van der Waals surface area contributed by atoms with Gasteiger partial charge in [-0.2, -0.15) is 4.72 Å². The molecule has 2 N–H and O–H groups in total. The number of rotatable bonds is 6. The fourth-order valence-electron chi connectivity index (χ4n) is 1.59. The predicted octanol–water partition coefficient (Wildman–Crippen LogP) is 1.05. The topological polar surface area (TPSA) is 75.3 Å². The Balaban J connectivity index is 2.82. The van der Waals surface area contributed by atoms with Gasteiger partial charge in [-0.25, -0.2) is 8.42 Å². The minimum Gasteiger partial charge on any atom is -0.355 e. The van der Waals surface area contributed by atoms with Gasteiger partial charge in [0.05, 0.1) is 10.9 Å². The molecule has 1 amide bonds. The highest BCUT2D eigenvalue weighted by atomic mass is 32.2. The lowest BCUT2D eigenvalue weighted by Crippen LogP contribution is -2.44. The van der Waals surface area contributed by atoms with Crippen molar-refractivity contribution in [2.75, 3.05) is 6.54 Å². The van der Waals surface area contributed by atoms with Gasteiger partial charge in [0.25, 0.3) is 0 Å². The van der Waals surface area contributed by atoms with Gasteiger partial charge in [0.1, 0.15) is 0 Å². The Morgan fingerprint density at radius 3 is 2.26 bits per heavy atom. The minimum atomic E-state index is -3.66. The molecule has 0 spiro atoms. The quantitative estimate of drug-likeness (QED) is 0.820. The fraction of sp³-hybridized carbons (Fsp3) is 0.462. The van der Waals surface area contributed by atoms with E-state index in [0.29, 0.717) is 6.54 Å². The van der Waals surface area contributed by atoms with Crippen LogP contribution in [0.4, 0.5) is 0 Å². The van der Waals surface area contributed by atoms with Gasteiger partial charge in [-0.3, -0.25) is 4.79 Å². The van der Waals surface area contributed by atoms with Crippen LogP contribution in [0.2, 0.25) is 0 Å². The number of carbonyl (C=O) groups excluding carboxylic acids is 1. The van der Waals surface area contributed by atoms with E-state index in [4.69, 9.17) is 0 Å². The average molecular weight is 284 g/mol. The van der Waals surface area contributed by atoms with Crippen molar-refractivity contribution in [2.24, 2.45) is 0 Å². The highest BCUT2D eigenvalue weighted by Crippen LogP contribution is 2.11. The van der Waals surface area contributed by atoms with Gasteiger partial charge in [0.15, 0.2) is 0 Å². The molecule has 0 aromatic heterocycles. The number of nitrogens with one attached hydrogen (secondary N) is 2. The highest BCUT2D eigenvalue weighted by molar-refractivity contribution is 7.89. The molecule has 19 heavy (non-hydrogen) atoms. The summed E-state index contributed by atoms with van der Waals surface area (Å²) in [5, 5.41) is 2.57. The highest BCUT2D eigenvalue weighted by Gasteiger charge is 2.21. The van der Waals surface area contributed by atoms with Crippen LogP contribution < -0.4 is 10.0 Å². The van der Waals surface area contributed by atoms with Crippen molar-refractivity contribution in [3.63, 3.8) is 0 Å². The second-order valence-corrected chi connectivity index (χ2v) is 5.95. The molecule has 106 valence electrons. The van der Waals surface area contributed by atoms with Crippen molar-refractivity contribution < 1.29 is 13.2 Å². The van der Waals surface area contributed by atoms with E-state index in [2.05, 4.69) is 10.0 Å². The molecule has 1 aromatic carbocycles. The molecule has 0 saturated carbocycles. The number of aryl methyl sites for hydroxylation is 1. The van der Waals surface area contributed by atoms with Crippen LogP contribution in [0.3, 0.4) is 0 Å². The first-order chi connectivity index (χ1) is 8.90. The molecular formula is C13H20N2O3S. The van der Waals surface area contributed by atoms with Crippen molar-refractivity contribution in [1.82, 2.24) is 10.0 Å². The number of hydrogen-bond acceptors (Lipinski definition) is 3. The van der Waals surface area contributed by atoms with Crippen molar-refractivity contribution in [3.8, 4) is 0 Å². The van der Waals surface area contributed by atoms with Crippen LogP contribution in [0.15, 0.2) is 29.2 Å². The third kappa shape index (κ3) is 4.33. The molecule has 0 heterocycles. The molecule has 0 fully saturated rings. The number of carbonyl (C=O) groups is 1. The molecule has 0 aliphatic rings. The number of likely N-dealkylation sites (N-methyl/N-ethyl adjacent to an activating group) is 1. The van der Waals surface area contributed by atoms with Crippen LogP contribution in [0.25, 0.3) is 0 Å². The first-order valence-corrected chi connectivity index (χ1v) is 7.78. The van der Waals surface area contributed by atoms with Crippen LogP contribution >= 0.6 is 0 Å². The number of amides is 1. The summed E-state index contributed by atoms with van der Waals surface area (Å²) in [6, 6.07) is 5.84. The Bertz CT molecular complexity index is 523. The molecule has 5 nitrogen and oxygen atoms in total. The van der Waals surface area contributed by atoms with Crippen LogP contribution in [0.1, 0.15) is 26.3 Å². The SMILES string of the molecule is CCNC(=O)[C@@H](C)NS(=O)(=O)c1ccc(CC)cc1. The van der Waals surface area contributed by atoms with E-state index < -0.39 is 16.1 Å². The minimum absolute atomic E-state index is 0.167. The second kappa shape index (κ2) is 6.68. The fourth-order valence-corrected chi connectivity index (χ4v) is 2.79. The maximum absolute atomic E-state index is 12.1. The Kier molecular flexibility index (Phi) is 5.50. The predicted molar refractivity (Wildman–Crippen MR) is 74.3 cm³/mol. The van der Waals surface area contributed by atoms with Gasteiger partial charge in [-0.05, 0) is 38.0 Å². The summed E-state index contributed by atoms with van der Waals surface area (Å²) in [4.78, 5) is 11.7. The summed E-state index contributed by atoms with van der Waals surface area (Å²) in [6.45, 7) is 5.76. The molecular weight excluding hydrogens is 264 g/mol. The maximum atomic E-state index is 12.1. The van der Waals surface area contributed by atoms with Crippen LogP contribution in [-0.4, -0.2) is 26.9 Å². The third-order valence-corrected chi connectivity index (χ3v) is 4.27. The second-order valence-electron chi connectivity index (χ2n) is 4.24. The summed E-state index contributed by atoms with van der Waals surface area (Å²) in [5.74, 6) is -0.337.